The summed E-state index contributed by atoms with van der Waals surface area (Å²) in [5, 5.41) is 3.44. The van der Waals surface area contributed by atoms with Crippen LogP contribution in [0.1, 0.15) is 39.0 Å². The number of carbonyl (C=O) groups excluding carboxylic acids is 1. The van der Waals surface area contributed by atoms with E-state index in [0.29, 0.717) is 18.7 Å². The van der Waals surface area contributed by atoms with Gasteiger partial charge in [-0.1, -0.05) is 0 Å². The van der Waals surface area contributed by atoms with Gasteiger partial charge in [-0.05, 0) is 59.7 Å². The van der Waals surface area contributed by atoms with Crippen molar-refractivity contribution < 1.29 is 9.53 Å². The molecule has 2 aliphatic rings. The lowest BCUT2D eigenvalue weighted by atomic mass is 10.1. The molecule has 0 aromatic carbocycles. The first kappa shape index (κ1) is 16.7. The summed E-state index contributed by atoms with van der Waals surface area (Å²) in [4.78, 5) is 16.9. The number of carbonyl (C=O) groups is 1. The number of esters is 1. The number of likely N-dealkylation sites (N-methyl/N-ethyl adjacent to an activating group) is 1. The van der Waals surface area contributed by atoms with Gasteiger partial charge in [-0.3, -0.25) is 9.69 Å². The van der Waals surface area contributed by atoms with Gasteiger partial charge in [0.1, 0.15) is 6.04 Å². The van der Waals surface area contributed by atoms with Crippen LogP contribution in [0.25, 0.3) is 0 Å². The topological polar surface area (TPSA) is 44.8 Å². The Morgan fingerprint density at radius 3 is 2.76 bits per heavy atom. The van der Waals surface area contributed by atoms with E-state index >= 15 is 0 Å². The minimum atomic E-state index is -0.127. The molecule has 1 heterocycles. The molecular weight excluding hydrogens is 266 g/mol. The molecular formula is C16H31N3O2. The van der Waals surface area contributed by atoms with E-state index in [1.165, 1.54) is 25.7 Å². The highest BCUT2D eigenvalue weighted by molar-refractivity contribution is 5.75. The molecule has 1 aliphatic heterocycles. The molecule has 0 aromatic heterocycles. The Hall–Kier alpha value is -0.650. The largest absolute Gasteiger partial charge is 0.465 e. The fourth-order valence-electron chi connectivity index (χ4n) is 3.16. The fourth-order valence-corrected chi connectivity index (χ4v) is 3.16. The third kappa shape index (κ3) is 5.57. The van der Waals surface area contributed by atoms with Crippen molar-refractivity contribution in [3.8, 4) is 0 Å². The Morgan fingerprint density at radius 2 is 2.14 bits per heavy atom. The smallest absolute Gasteiger partial charge is 0.323 e. The van der Waals surface area contributed by atoms with Crippen LogP contribution < -0.4 is 5.32 Å². The molecule has 1 aliphatic carbocycles. The zero-order valence-corrected chi connectivity index (χ0v) is 13.8. The molecule has 2 unspecified atom stereocenters. The molecule has 0 radical (unpaired) electrons. The van der Waals surface area contributed by atoms with E-state index in [0.717, 1.165) is 26.1 Å². The van der Waals surface area contributed by atoms with Crippen molar-refractivity contribution in [1.82, 2.24) is 15.1 Å². The number of likely N-dealkylation sites (tertiary alicyclic amines) is 1. The fraction of sp³-hybridized carbons (Fsp3) is 0.938. The van der Waals surface area contributed by atoms with Crippen molar-refractivity contribution in [3.05, 3.63) is 0 Å². The van der Waals surface area contributed by atoms with Crippen LogP contribution in [-0.2, 0) is 9.53 Å². The molecule has 0 aromatic rings. The molecule has 2 rings (SSSR count). The average molecular weight is 297 g/mol. The van der Waals surface area contributed by atoms with E-state index in [1.54, 1.807) is 0 Å². The summed E-state index contributed by atoms with van der Waals surface area (Å²) < 4.78 is 5.21. The minimum absolute atomic E-state index is 0.0762. The lowest BCUT2D eigenvalue weighted by Crippen LogP contribution is -2.44. The van der Waals surface area contributed by atoms with Gasteiger partial charge in [0.05, 0.1) is 6.61 Å². The van der Waals surface area contributed by atoms with E-state index in [-0.39, 0.29) is 12.0 Å². The van der Waals surface area contributed by atoms with Crippen LogP contribution >= 0.6 is 0 Å². The van der Waals surface area contributed by atoms with Crippen molar-refractivity contribution >= 4 is 5.97 Å². The first-order valence-corrected chi connectivity index (χ1v) is 8.41. The van der Waals surface area contributed by atoms with Crippen molar-refractivity contribution in [2.45, 2.75) is 57.2 Å². The first-order chi connectivity index (χ1) is 10.1. The SMILES string of the molecule is CCOC(=O)C(CCN1CCCC1CN(C)C)NC1CC1. The Bertz CT molecular complexity index is 331. The molecule has 1 saturated heterocycles. The number of hydrogen-bond acceptors (Lipinski definition) is 5. The molecule has 2 fully saturated rings. The van der Waals surface area contributed by atoms with Crippen LogP contribution in [0.15, 0.2) is 0 Å². The second-order valence-corrected chi connectivity index (χ2v) is 6.63. The quantitative estimate of drug-likeness (QED) is 0.645. The van der Waals surface area contributed by atoms with E-state index in [1.807, 2.05) is 6.92 Å². The maximum absolute atomic E-state index is 12.1. The summed E-state index contributed by atoms with van der Waals surface area (Å²) in [6.07, 6.45) is 5.81. The lowest BCUT2D eigenvalue weighted by Gasteiger charge is -2.28. The van der Waals surface area contributed by atoms with E-state index in [2.05, 4.69) is 29.2 Å². The molecule has 0 bridgehead atoms. The zero-order chi connectivity index (χ0) is 15.2. The summed E-state index contributed by atoms with van der Waals surface area (Å²) in [5.41, 5.74) is 0. The summed E-state index contributed by atoms with van der Waals surface area (Å²) in [5.74, 6) is -0.0762. The van der Waals surface area contributed by atoms with Gasteiger partial charge in [-0.2, -0.15) is 0 Å². The predicted octanol–water partition coefficient (Wildman–Crippen LogP) is 1.09. The van der Waals surface area contributed by atoms with Gasteiger partial charge in [0.2, 0.25) is 0 Å². The van der Waals surface area contributed by atoms with Crippen LogP contribution in [-0.4, -0.2) is 74.2 Å². The molecule has 0 spiro atoms. The lowest BCUT2D eigenvalue weighted by molar-refractivity contribution is -0.146. The van der Waals surface area contributed by atoms with Crippen LogP contribution in [0.3, 0.4) is 0 Å². The average Bonchev–Trinajstić information content (AvgIpc) is 3.14. The highest BCUT2D eigenvalue weighted by atomic mass is 16.5. The van der Waals surface area contributed by atoms with Gasteiger partial charge in [-0.25, -0.2) is 0 Å². The highest BCUT2D eigenvalue weighted by Gasteiger charge is 2.31. The van der Waals surface area contributed by atoms with Gasteiger partial charge in [0.15, 0.2) is 0 Å². The van der Waals surface area contributed by atoms with Gasteiger partial charge in [0.25, 0.3) is 0 Å². The molecule has 1 saturated carbocycles. The van der Waals surface area contributed by atoms with Crippen LogP contribution in [0.2, 0.25) is 0 Å². The van der Waals surface area contributed by atoms with Crippen LogP contribution in [0, 0.1) is 0 Å². The van der Waals surface area contributed by atoms with Gasteiger partial charge < -0.3 is 15.0 Å². The number of hydrogen-bond donors (Lipinski definition) is 1. The van der Waals surface area contributed by atoms with Crippen LogP contribution in [0.4, 0.5) is 0 Å². The number of nitrogens with one attached hydrogen (secondary N) is 1. The molecule has 5 nitrogen and oxygen atoms in total. The Balaban J connectivity index is 1.80. The summed E-state index contributed by atoms with van der Waals surface area (Å²) in [6, 6.07) is 1.05. The van der Waals surface area contributed by atoms with Crippen molar-refractivity contribution in [3.63, 3.8) is 0 Å². The second-order valence-electron chi connectivity index (χ2n) is 6.63. The van der Waals surface area contributed by atoms with Gasteiger partial charge in [-0.15, -0.1) is 0 Å². The number of ether oxygens (including phenoxy) is 1. The normalized spacial score (nSPS) is 24.5. The van der Waals surface area contributed by atoms with Crippen molar-refractivity contribution in [1.29, 1.82) is 0 Å². The Morgan fingerprint density at radius 1 is 1.38 bits per heavy atom. The second kappa shape index (κ2) is 8.11. The van der Waals surface area contributed by atoms with Crippen LogP contribution in [0.5, 0.6) is 0 Å². The molecule has 122 valence electrons. The van der Waals surface area contributed by atoms with E-state index in [4.69, 9.17) is 4.74 Å². The maximum atomic E-state index is 12.1. The minimum Gasteiger partial charge on any atom is -0.465 e. The number of rotatable bonds is 9. The van der Waals surface area contributed by atoms with Gasteiger partial charge >= 0.3 is 5.97 Å². The monoisotopic (exact) mass is 297 g/mol. The van der Waals surface area contributed by atoms with E-state index in [9.17, 15) is 4.79 Å². The molecule has 0 amide bonds. The zero-order valence-electron chi connectivity index (χ0n) is 13.8. The first-order valence-electron chi connectivity index (χ1n) is 8.41. The molecule has 2 atom stereocenters. The third-order valence-corrected chi connectivity index (χ3v) is 4.37. The van der Waals surface area contributed by atoms with E-state index < -0.39 is 0 Å². The highest BCUT2D eigenvalue weighted by Crippen LogP contribution is 2.22. The summed E-state index contributed by atoms with van der Waals surface area (Å²) >= 11 is 0. The predicted molar refractivity (Wildman–Crippen MR) is 84.3 cm³/mol. The van der Waals surface area contributed by atoms with Gasteiger partial charge in [0, 0.05) is 25.2 Å². The summed E-state index contributed by atoms with van der Waals surface area (Å²) in [7, 11) is 4.26. The van der Waals surface area contributed by atoms with Crippen molar-refractivity contribution in [2.75, 3.05) is 40.3 Å². The molecule has 21 heavy (non-hydrogen) atoms. The Labute approximate surface area is 129 Å². The van der Waals surface area contributed by atoms with Crippen molar-refractivity contribution in [2.24, 2.45) is 0 Å². The standard InChI is InChI=1S/C16H31N3O2/c1-4-21-16(20)15(17-13-7-8-13)9-11-19-10-5-6-14(19)12-18(2)3/h13-15,17H,4-12H2,1-3H3. The molecule has 1 N–H and O–H groups in total. The maximum Gasteiger partial charge on any atom is 0.323 e. The summed E-state index contributed by atoms with van der Waals surface area (Å²) in [6.45, 7) is 5.60. The number of nitrogens with zero attached hydrogens (tertiary/aromatic N) is 2. The molecule has 5 heteroatoms. The third-order valence-electron chi connectivity index (χ3n) is 4.37. The Kier molecular flexibility index (Phi) is 6.45.